The van der Waals surface area contributed by atoms with Crippen LogP contribution < -0.4 is 5.48 Å². The van der Waals surface area contributed by atoms with Gasteiger partial charge < -0.3 is 9.57 Å². The molecule has 3 atom stereocenters. The molecule has 0 saturated heterocycles. The van der Waals surface area contributed by atoms with Crippen LogP contribution in [0.2, 0.25) is 0 Å². The Morgan fingerprint density at radius 3 is 2.53 bits per heavy atom. The van der Waals surface area contributed by atoms with E-state index in [0.29, 0.717) is 6.42 Å². The van der Waals surface area contributed by atoms with Gasteiger partial charge in [-0.2, -0.15) is 0 Å². The van der Waals surface area contributed by atoms with Crippen LogP contribution >= 0.6 is 0 Å². The Hall–Kier alpha value is -2.47. The van der Waals surface area contributed by atoms with Crippen molar-refractivity contribution < 1.29 is 24.0 Å². The third-order valence-corrected chi connectivity index (χ3v) is 6.62. The minimum atomic E-state index is -0.915. The van der Waals surface area contributed by atoms with Gasteiger partial charge >= 0.3 is 11.9 Å². The number of ketones is 1. The number of carbonyl (C=O) groups excluding carboxylic acids is 3. The molecule has 0 heterocycles. The van der Waals surface area contributed by atoms with E-state index in [1.807, 2.05) is 37.3 Å². The van der Waals surface area contributed by atoms with Crippen molar-refractivity contribution in [2.45, 2.75) is 85.3 Å². The standard InChI is InChI=1S/C26H35NO5/c1-17-19-13-9-10-14-26(19,5)16-21(22(17)28)31-23(29)20(15-18-11-7-6-8-12-18)27-32-24(30)25(2,3)4/h6-8,11-12,20-21,27H,9-10,13-16H2,1-5H3/t20?,21-,26-/m0/s1. The number of nitrogens with one attached hydrogen (secondary N) is 1. The van der Waals surface area contributed by atoms with Crippen LogP contribution in [-0.2, 0) is 30.4 Å². The number of hydrogen-bond acceptors (Lipinski definition) is 6. The lowest BCUT2D eigenvalue weighted by Gasteiger charge is -2.43. The SMILES string of the molecule is CC1=C2CCCC[C@@]2(C)C[C@H](OC(=O)C(Cc2ccccc2)NOC(=O)C(C)(C)C)C1=O. The first-order valence-corrected chi connectivity index (χ1v) is 11.5. The van der Waals surface area contributed by atoms with E-state index < -0.39 is 29.5 Å². The lowest BCUT2D eigenvalue weighted by Crippen LogP contribution is -2.47. The summed E-state index contributed by atoms with van der Waals surface area (Å²) >= 11 is 0. The fourth-order valence-corrected chi connectivity index (χ4v) is 4.65. The normalized spacial score (nSPS) is 24.5. The number of benzene rings is 1. The summed E-state index contributed by atoms with van der Waals surface area (Å²) in [7, 11) is 0. The molecule has 1 aromatic carbocycles. The van der Waals surface area contributed by atoms with E-state index in [9.17, 15) is 14.4 Å². The van der Waals surface area contributed by atoms with Gasteiger partial charge in [-0.3, -0.25) is 9.59 Å². The first kappa shape index (κ1) is 24.2. The van der Waals surface area contributed by atoms with Gasteiger partial charge in [0.05, 0.1) is 5.41 Å². The molecule has 1 N–H and O–H groups in total. The second-order valence-corrected chi connectivity index (χ2v) is 10.4. The highest BCUT2D eigenvalue weighted by molar-refractivity contribution is 6.01. The first-order valence-electron chi connectivity index (χ1n) is 11.5. The molecule has 2 aliphatic carbocycles. The summed E-state index contributed by atoms with van der Waals surface area (Å²) in [5.41, 5.74) is 4.63. The number of allylic oxidation sites excluding steroid dienone is 1. The average molecular weight is 442 g/mol. The molecule has 1 aromatic rings. The van der Waals surface area contributed by atoms with E-state index in [4.69, 9.17) is 9.57 Å². The summed E-state index contributed by atoms with van der Waals surface area (Å²) in [6, 6.07) is 8.51. The molecule has 0 aliphatic heterocycles. The molecule has 1 saturated carbocycles. The summed E-state index contributed by atoms with van der Waals surface area (Å²) in [4.78, 5) is 43.6. The second kappa shape index (κ2) is 9.57. The lowest BCUT2D eigenvalue weighted by atomic mass is 9.63. The highest BCUT2D eigenvalue weighted by Crippen LogP contribution is 2.49. The minimum Gasteiger partial charge on any atom is -0.453 e. The van der Waals surface area contributed by atoms with Crippen LogP contribution in [0.5, 0.6) is 0 Å². The maximum Gasteiger partial charge on any atom is 0.330 e. The van der Waals surface area contributed by atoms with Crippen LogP contribution in [0.25, 0.3) is 0 Å². The van der Waals surface area contributed by atoms with Gasteiger partial charge in [-0.15, -0.1) is 5.48 Å². The van der Waals surface area contributed by atoms with E-state index in [2.05, 4.69) is 12.4 Å². The molecule has 6 nitrogen and oxygen atoms in total. The zero-order valence-corrected chi connectivity index (χ0v) is 19.8. The number of hydrogen-bond donors (Lipinski definition) is 1. The summed E-state index contributed by atoms with van der Waals surface area (Å²) in [6.07, 6.45) is 4.11. The molecule has 1 unspecified atom stereocenters. The Bertz CT molecular complexity index is 899. The number of carbonyl (C=O) groups is 3. The monoisotopic (exact) mass is 441 g/mol. The maximum atomic E-state index is 13.2. The van der Waals surface area contributed by atoms with Gasteiger partial charge in [-0.25, -0.2) is 4.79 Å². The minimum absolute atomic E-state index is 0.109. The summed E-state index contributed by atoms with van der Waals surface area (Å²) in [5.74, 6) is -1.18. The van der Waals surface area contributed by atoms with Crippen molar-refractivity contribution in [2.75, 3.05) is 0 Å². The number of rotatable bonds is 6. The molecule has 0 aromatic heterocycles. The summed E-state index contributed by atoms with van der Waals surface area (Å²) < 4.78 is 5.76. The van der Waals surface area contributed by atoms with E-state index in [1.54, 1.807) is 20.8 Å². The van der Waals surface area contributed by atoms with Crippen molar-refractivity contribution in [1.29, 1.82) is 0 Å². The maximum absolute atomic E-state index is 13.2. The molecule has 32 heavy (non-hydrogen) atoms. The van der Waals surface area contributed by atoms with E-state index in [0.717, 1.165) is 36.8 Å². The van der Waals surface area contributed by atoms with Crippen molar-refractivity contribution in [3.8, 4) is 0 Å². The Kier molecular flexibility index (Phi) is 7.23. The van der Waals surface area contributed by atoms with Gasteiger partial charge in [-0.1, -0.05) is 49.2 Å². The number of ether oxygens (including phenoxy) is 1. The van der Waals surface area contributed by atoms with Gasteiger partial charge in [0.25, 0.3) is 0 Å². The number of esters is 1. The van der Waals surface area contributed by atoms with E-state index in [-0.39, 0.29) is 17.6 Å². The fourth-order valence-electron chi connectivity index (χ4n) is 4.65. The van der Waals surface area contributed by atoms with E-state index >= 15 is 0 Å². The Balaban J connectivity index is 1.76. The summed E-state index contributed by atoms with van der Waals surface area (Å²) in [5, 5.41) is 0. The van der Waals surface area contributed by atoms with Crippen molar-refractivity contribution in [3.05, 3.63) is 47.0 Å². The highest BCUT2D eigenvalue weighted by atomic mass is 16.7. The Morgan fingerprint density at radius 2 is 1.88 bits per heavy atom. The molecule has 0 amide bonds. The van der Waals surface area contributed by atoms with Crippen molar-refractivity contribution in [3.63, 3.8) is 0 Å². The number of Topliss-reactive ketones (excluding diaryl/α,β-unsaturated/α-hetero) is 1. The highest BCUT2D eigenvalue weighted by Gasteiger charge is 2.44. The largest absolute Gasteiger partial charge is 0.453 e. The van der Waals surface area contributed by atoms with E-state index in [1.165, 1.54) is 5.57 Å². The van der Waals surface area contributed by atoms with Crippen LogP contribution in [0.4, 0.5) is 0 Å². The van der Waals surface area contributed by atoms with Gasteiger partial charge in [0.1, 0.15) is 6.04 Å². The van der Waals surface area contributed by atoms with Crippen LogP contribution in [0.3, 0.4) is 0 Å². The quantitative estimate of drug-likeness (QED) is 0.518. The van der Waals surface area contributed by atoms with Gasteiger partial charge in [0.2, 0.25) is 0 Å². The van der Waals surface area contributed by atoms with Crippen LogP contribution in [-0.4, -0.2) is 29.9 Å². The third kappa shape index (κ3) is 5.47. The van der Waals surface area contributed by atoms with Crippen molar-refractivity contribution in [2.24, 2.45) is 10.8 Å². The molecule has 2 aliphatic rings. The molecule has 0 bridgehead atoms. The van der Waals surface area contributed by atoms with Gasteiger partial charge in [-0.05, 0) is 63.5 Å². The zero-order valence-electron chi connectivity index (χ0n) is 19.8. The molecule has 0 radical (unpaired) electrons. The molecule has 0 spiro atoms. The Morgan fingerprint density at radius 1 is 1.19 bits per heavy atom. The second-order valence-electron chi connectivity index (χ2n) is 10.4. The van der Waals surface area contributed by atoms with Crippen LogP contribution in [0.15, 0.2) is 41.5 Å². The molecule has 3 rings (SSSR count). The van der Waals surface area contributed by atoms with Gasteiger partial charge in [0, 0.05) is 12.8 Å². The predicted molar refractivity (Wildman–Crippen MR) is 121 cm³/mol. The van der Waals surface area contributed by atoms with Crippen molar-refractivity contribution in [1.82, 2.24) is 5.48 Å². The van der Waals surface area contributed by atoms with Crippen LogP contribution in [0.1, 0.15) is 72.3 Å². The molecule has 1 fully saturated rings. The van der Waals surface area contributed by atoms with Crippen LogP contribution in [0, 0.1) is 10.8 Å². The lowest BCUT2D eigenvalue weighted by molar-refractivity contribution is -0.171. The molecular weight excluding hydrogens is 406 g/mol. The smallest absolute Gasteiger partial charge is 0.330 e. The Labute approximate surface area is 190 Å². The first-order chi connectivity index (χ1) is 15.0. The molecule has 174 valence electrons. The predicted octanol–water partition coefficient (Wildman–Crippen LogP) is 4.47. The van der Waals surface area contributed by atoms with Crippen molar-refractivity contribution >= 4 is 17.7 Å². The molecule has 6 heteroatoms. The number of hydroxylamine groups is 1. The number of fused-ring (bicyclic) bond motifs is 1. The topological polar surface area (TPSA) is 81.7 Å². The zero-order chi connectivity index (χ0) is 23.5. The van der Waals surface area contributed by atoms with Gasteiger partial charge in [0.15, 0.2) is 11.9 Å². The average Bonchev–Trinajstić information content (AvgIpc) is 2.74. The summed E-state index contributed by atoms with van der Waals surface area (Å²) in [6.45, 7) is 9.23. The fraction of sp³-hybridized carbons (Fsp3) is 0.577. The third-order valence-electron chi connectivity index (χ3n) is 6.62. The molecular formula is C26H35NO5.